The minimum atomic E-state index is -4.39. The highest BCUT2D eigenvalue weighted by atomic mass is 19.4. The Kier molecular flexibility index (Phi) is 4.70. The van der Waals surface area contributed by atoms with E-state index < -0.39 is 17.3 Å². The van der Waals surface area contributed by atoms with Crippen molar-refractivity contribution in [1.82, 2.24) is 0 Å². The summed E-state index contributed by atoms with van der Waals surface area (Å²) in [4.78, 5) is 0. The first-order valence-corrected chi connectivity index (χ1v) is 10.1. The van der Waals surface area contributed by atoms with Crippen LogP contribution in [0.25, 0.3) is 16.8 Å². The molecule has 0 radical (unpaired) electrons. The van der Waals surface area contributed by atoms with Crippen LogP contribution in [0.2, 0.25) is 0 Å². The third kappa shape index (κ3) is 3.30. The van der Waals surface area contributed by atoms with Gasteiger partial charge >= 0.3 is 6.18 Å². The molecule has 5 heteroatoms. The number of halogens is 3. The first kappa shape index (κ1) is 20.2. The zero-order valence-corrected chi connectivity index (χ0v) is 17.2. The Morgan fingerprint density at radius 2 is 1.53 bits per heavy atom. The van der Waals surface area contributed by atoms with Crippen LogP contribution in [0.3, 0.4) is 0 Å². The van der Waals surface area contributed by atoms with Gasteiger partial charge in [0, 0.05) is 16.7 Å². The van der Waals surface area contributed by atoms with Crippen molar-refractivity contribution in [2.75, 3.05) is 7.11 Å². The van der Waals surface area contributed by atoms with Crippen LogP contribution in [-0.2, 0) is 11.8 Å². The number of benzene rings is 4. The van der Waals surface area contributed by atoms with Gasteiger partial charge in [0.1, 0.15) is 11.5 Å². The molecule has 0 bridgehead atoms. The first-order chi connectivity index (χ1) is 15.4. The van der Waals surface area contributed by atoms with E-state index in [0.717, 1.165) is 39.8 Å². The second kappa shape index (κ2) is 7.45. The molecule has 5 rings (SSSR count). The average molecular weight is 432 g/mol. The van der Waals surface area contributed by atoms with E-state index in [-0.39, 0.29) is 0 Å². The van der Waals surface area contributed by atoms with Gasteiger partial charge in [0.2, 0.25) is 0 Å². The number of alkyl halides is 3. The summed E-state index contributed by atoms with van der Waals surface area (Å²) in [5, 5.41) is 2.02. The van der Waals surface area contributed by atoms with Gasteiger partial charge < -0.3 is 9.47 Å². The highest BCUT2D eigenvalue weighted by molar-refractivity contribution is 5.94. The SMILES string of the molecule is COc1ccc2c3c(ccc2c1)OC(c1ccccc1)(c1ccc(C(F)(F)F)cc1)C=C3. The summed E-state index contributed by atoms with van der Waals surface area (Å²) in [6, 6.07) is 24.3. The smallest absolute Gasteiger partial charge is 0.416 e. The van der Waals surface area contributed by atoms with Gasteiger partial charge in [-0.25, -0.2) is 0 Å². The van der Waals surface area contributed by atoms with Gasteiger partial charge in [0.15, 0.2) is 5.60 Å². The number of rotatable bonds is 3. The largest absolute Gasteiger partial charge is 0.497 e. The fourth-order valence-electron chi connectivity index (χ4n) is 4.18. The van der Waals surface area contributed by atoms with Crippen molar-refractivity contribution >= 4 is 16.8 Å². The van der Waals surface area contributed by atoms with Crippen LogP contribution in [0.4, 0.5) is 13.2 Å². The first-order valence-electron chi connectivity index (χ1n) is 10.1. The molecule has 32 heavy (non-hydrogen) atoms. The summed E-state index contributed by atoms with van der Waals surface area (Å²) in [5.74, 6) is 1.43. The molecule has 0 aromatic heterocycles. The van der Waals surface area contributed by atoms with E-state index in [0.29, 0.717) is 11.3 Å². The molecule has 2 nitrogen and oxygen atoms in total. The topological polar surface area (TPSA) is 18.5 Å². The van der Waals surface area contributed by atoms with Crippen LogP contribution < -0.4 is 9.47 Å². The third-order valence-electron chi connectivity index (χ3n) is 5.83. The maximum atomic E-state index is 13.1. The van der Waals surface area contributed by atoms with Crippen molar-refractivity contribution in [2.24, 2.45) is 0 Å². The van der Waals surface area contributed by atoms with Crippen molar-refractivity contribution in [3.63, 3.8) is 0 Å². The highest BCUT2D eigenvalue weighted by Crippen LogP contribution is 2.45. The number of hydrogen-bond acceptors (Lipinski definition) is 2. The van der Waals surface area contributed by atoms with Gasteiger partial charge in [-0.1, -0.05) is 48.5 Å². The number of fused-ring (bicyclic) bond motifs is 3. The molecule has 160 valence electrons. The van der Waals surface area contributed by atoms with E-state index in [2.05, 4.69) is 0 Å². The van der Waals surface area contributed by atoms with Crippen LogP contribution in [0, 0.1) is 0 Å². The summed E-state index contributed by atoms with van der Waals surface area (Å²) in [6.07, 6.45) is -0.497. The van der Waals surface area contributed by atoms with E-state index in [1.54, 1.807) is 7.11 Å². The molecule has 0 aliphatic carbocycles. The minimum absolute atomic E-state index is 0.619. The zero-order chi connectivity index (χ0) is 22.3. The Hall–Kier alpha value is -3.73. The quantitative estimate of drug-likeness (QED) is 0.340. The Morgan fingerprint density at radius 1 is 0.812 bits per heavy atom. The maximum Gasteiger partial charge on any atom is 0.416 e. The summed E-state index contributed by atoms with van der Waals surface area (Å²) in [6.45, 7) is 0. The molecule has 0 fully saturated rings. The molecule has 0 saturated heterocycles. The Bertz CT molecular complexity index is 1310. The lowest BCUT2D eigenvalue weighted by Crippen LogP contribution is -2.34. The fraction of sp³-hybridized carbons (Fsp3) is 0.111. The molecule has 1 aliphatic rings. The lowest BCUT2D eigenvalue weighted by Gasteiger charge is -2.36. The second-order valence-electron chi connectivity index (χ2n) is 7.68. The number of hydrogen-bond donors (Lipinski definition) is 0. The Morgan fingerprint density at radius 3 is 2.22 bits per heavy atom. The molecule has 0 spiro atoms. The molecule has 0 saturated carbocycles. The van der Waals surface area contributed by atoms with E-state index in [1.807, 2.05) is 72.8 Å². The Balaban J connectivity index is 1.66. The lowest BCUT2D eigenvalue weighted by atomic mass is 9.83. The summed E-state index contributed by atoms with van der Waals surface area (Å²) in [5.41, 5.74) is 0.636. The van der Waals surface area contributed by atoms with Crippen molar-refractivity contribution in [3.05, 3.63) is 113 Å². The van der Waals surface area contributed by atoms with Crippen LogP contribution in [0.1, 0.15) is 22.3 Å². The van der Waals surface area contributed by atoms with Gasteiger partial charge in [-0.15, -0.1) is 0 Å². The van der Waals surface area contributed by atoms with Crippen LogP contribution in [-0.4, -0.2) is 7.11 Å². The predicted molar refractivity (Wildman–Crippen MR) is 119 cm³/mol. The predicted octanol–water partition coefficient (Wildman–Crippen LogP) is 7.22. The summed E-state index contributed by atoms with van der Waals surface area (Å²) in [7, 11) is 1.63. The fourth-order valence-corrected chi connectivity index (χ4v) is 4.18. The molecule has 1 aliphatic heterocycles. The molecular weight excluding hydrogens is 413 g/mol. The highest BCUT2D eigenvalue weighted by Gasteiger charge is 2.38. The van der Waals surface area contributed by atoms with Crippen LogP contribution in [0.15, 0.2) is 91.0 Å². The van der Waals surface area contributed by atoms with Crippen molar-refractivity contribution in [2.45, 2.75) is 11.8 Å². The number of methoxy groups -OCH3 is 1. The summed E-state index contributed by atoms with van der Waals surface area (Å²) >= 11 is 0. The van der Waals surface area contributed by atoms with Gasteiger partial charge in [0.25, 0.3) is 0 Å². The molecule has 1 atom stereocenters. The maximum absolute atomic E-state index is 13.1. The summed E-state index contributed by atoms with van der Waals surface area (Å²) < 4.78 is 51.3. The van der Waals surface area contributed by atoms with Gasteiger partial charge in [-0.3, -0.25) is 0 Å². The van der Waals surface area contributed by atoms with Gasteiger partial charge in [0.05, 0.1) is 12.7 Å². The molecule has 0 amide bonds. The molecule has 4 aromatic rings. The van der Waals surface area contributed by atoms with Crippen molar-refractivity contribution < 1.29 is 22.6 Å². The van der Waals surface area contributed by atoms with Crippen molar-refractivity contribution in [3.8, 4) is 11.5 Å². The van der Waals surface area contributed by atoms with E-state index in [4.69, 9.17) is 9.47 Å². The monoisotopic (exact) mass is 432 g/mol. The molecule has 1 heterocycles. The van der Waals surface area contributed by atoms with E-state index in [1.165, 1.54) is 12.1 Å². The average Bonchev–Trinajstić information content (AvgIpc) is 2.83. The molecule has 1 unspecified atom stereocenters. The standard InChI is InChI=1S/C27H19F3O2/c1-31-22-12-13-23-18(17-22)7-14-25-24(23)15-16-26(32-25,19-5-3-2-4-6-19)20-8-10-21(11-9-20)27(28,29)30/h2-17H,1H3. The Labute approximate surface area is 183 Å². The van der Waals surface area contributed by atoms with Gasteiger partial charge in [-0.2, -0.15) is 13.2 Å². The molecular formula is C27H19F3O2. The van der Waals surface area contributed by atoms with Gasteiger partial charge in [-0.05, 0) is 59.3 Å². The minimum Gasteiger partial charge on any atom is -0.497 e. The number of ether oxygens (including phenoxy) is 2. The molecule has 0 N–H and O–H groups in total. The third-order valence-corrected chi connectivity index (χ3v) is 5.83. The van der Waals surface area contributed by atoms with E-state index >= 15 is 0 Å². The normalized spacial score (nSPS) is 17.6. The second-order valence-corrected chi connectivity index (χ2v) is 7.68. The molecule has 4 aromatic carbocycles. The van der Waals surface area contributed by atoms with E-state index in [9.17, 15) is 13.2 Å². The lowest BCUT2D eigenvalue weighted by molar-refractivity contribution is -0.137. The zero-order valence-electron chi connectivity index (χ0n) is 17.2. The van der Waals surface area contributed by atoms with Crippen LogP contribution >= 0.6 is 0 Å². The van der Waals surface area contributed by atoms with Crippen molar-refractivity contribution in [1.29, 1.82) is 0 Å². The van der Waals surface area contributed by atoms with Crippen LogP contribution in [0.5, 0.6) is 11.5 Å².